The average Bonchev–Trinajstić information content (AvgIpc) is 3.22. The number of imidazole rings is 1. The molecule has 5 nitrogen and oxygen atoms in total. The minimum atomic E-state index is 0.0394. The first-order chi connectivity index (χ1) is 11.7. The van der Waals surface area contributed by atoms with Crippen LogP contribution in [0, 0.1) is 5.92 Å². The van der Waals surface area contributed by atoms with Crippen molar-refractivity contribution in [1.29, 1.82) is 0 Å². The maximum Gasteiger partial charge on any atom is 0.202 e. The molecule has 0 bridgehead atoms. The van der Waals surface area contributed by atoms with Gasteiger partial charge in [-0.05, 0) is 43.1 Å². The number of nitrogens with zero attached hydrogens (tertiary/aromatic N) is 3. The predicted molar refractivity (Wildman–Crippen MR) is 91.8 cm³/mol. The highest BCUT2D eigenvalue weighted by molar-refractivity contribution is 5.95. The molecule has 0 aliphatic carbocycles. The normalized spacial score (nSPS) is 19.0. The summed E-state index contributed by atoms with van der Waals surface area (Å²) in [5.74, 6) is 0.775. The molecule has 3 heterocycles. The van der Waals surface area contributed by atoms with Crippen LogP contribution in [0.25, 0.3) is 11.0 Å². The Morgan fingerprint density at radius 3 is 3.12 bits per heavy atom. The summed E-state index contributed by atoms with van der Waals surface area (Å²) in [6, 6.07) is 8.28. The van der Waals surface area contributed by atoms with Crippen molar-refractivity contribution in [3.05, 3.63) is 54.3 Å². The zero-order valence-electron chi connectivity index (χ0n) is 13.8. The number of aromatic nitrogens is 2. The second-order valence-corrected chi connectivity index (χ2v) is 6.59. The fourth-order valence-corrected chi connectivity index (χ4v) is 3.57. The third-order valence-corrected chi connectivity index (χ3v) is 4.84. The molecule has 1 aliphatic rings. The van der Waals surface area contributed by atoms with Crippen molar-refractivity contribution < 1.29 is 9.21 Å². The molecule has 24 heavy (non-hydrogen) atoms. The van der Waals surface area contributed by atoms with Crippen molar-refractivity contribution in [3.8, 4) is 0 Å². The predicted octanol–water partition coefficient (Wildman–Crippen LogP) is 3.26. The van der Waals surface area contributed by atoms with Crippen LogP contribution in [0.4, 0.5) is 0 Å². The Labute approximate surface area is 140 Å². The Balaban J connectivity index is 1.46. The van der Waals surface area contributed by atoms with Crippen LogP contribution in [0.1, 0.15) is 29.0 Å². The van der Waals surface area contributed by atoms with Crippen LogP contribution < -0.4 is 0 Å². The molecule has 5 heteroatoms. The van der Waals surface area contributed by atoms with E-state index in [9.17, 15) is 4.79 Å². The number of aryl methyl sites for hydroxylation is 1. The van der Waals surface area contributed by atoms with E-state index in [1.54, 1.807) is 12.5 Å². The van der Waals surface area contributed by atoms with E-state index in [1.165, 1.54) is 5.56 Å². The number of fused-ring (bicyclic) bond motifs is 1. The van der Waals surface area contributed by atoms with Gasteiger partial charge in [-0.3, -0.25) is 9.69 Å². The van der Waals surface area contributed by atoms with Crippen LogP contribution in [-0.2, 0) is 13.6 Å². The van der Waals surface area contributed by atoms with Gasteiger partial charge in [0.15, 0.2) is 5.82 Å². The summed E-state index contributed by atoms with van der Waals surface area (Å²) in [5, 5.41) is 1.13. The van der Waals surface area contributed by atoms with Crippen molar-refractivity contribution in [3.63, 3.8) is 0 Å². The van der Waals surface area contributed by atoms with E-state index < -0.39 is 0 Å². The van der Waals surface area contributed by atoms with Gasteiger partial charge in [0, 0.05) is 43.8 Å². The molecule has 0 amide bonds. The molecule has 1 atom stereocenters. The smallest absolute Gasteiger partial charge is 0.202 e. The summed E-state index contributed by atoms with van der Waals surface area (Å²) in [6.45, 7) is 2.70. The SMILES string of the molecule is Cn1ccnc1C(=O)C1CCCN(Cc2ccc3occc3c2)C1. The summed E-state index contributed by atoms with van der Waals surface area (Å²) in [7, 11) is 1.88. The average molecular weight is 323 g/mol. The lowest BCUT2D eigenvalue weighted by Gasteiger charge is -2.31. The second kappa shape index (κ2) is 6.24. The molecule has 2 aromatic heterocycles. The Bertz CT molecular complexity index is 864. The van der Waals surface area contributed by atoms with Crippen LogP contribution >= 0.6 is 0 Å². The number of carbonyl (C=O) groups excluding carboxylic acids is 1. The first-order valence-electron chi connectivity index (χ1n) is 8.41. The van der Waals surface area contributed by atoms with Gasteiger partial charge in [-0.1, -0.05) is 6.07 Å². The summed E-state index contributed by atoms with van der Waals surface area (Å²) >= 11 is 0. The van der Waals surface area contributed by atoms with E-state index in [-0.39, 0.29) is 11.7 Å². The fraction of sp³-hybridized carbons (Fsp3) is 0.368. The van der Waals surface area contributed by atoms with Gasteiger partial charge in [0.25, 0.3) is 0 Å². The third kappa shape index (κ3) is 2.87. The van der Waals surface area contributed by atoms with Crippen LogP contribution in [0.15, 0.2) is 47.3 Å². The number of rotatable bonds is 4. The summed E-state index contributed by atoms with van der Waals surface area (Å²) in [5.41, 5.74) is 2.18. The molecular formula is C19H21N3O2. The zero-order chi connectivity index (χ0) is 16.5. The standard InChI is InChI=1S/C19H21N3O2/c1-21-9-7-20-19(21)18(23)16-3-2-8-22(13-16)12-14-4-5-17-15(11-14)6-10-24-17/h4-7,9-11,16H,2-3,8,12-13H2,1H3. The lowest BCUT2D eigenvalue weighted by Crippen LogP contribution is -2.38. The number of hydrogen-bond donors (Lipinski definition) is 0. The first-order valence-corrected chi connectivity index (χ1v) is 8.41. The number of piperidine rings is 1. The number of Topliss-reactive ketones (excluding diaryl/α,β-unsaturated/α-hetero) is 1. The van der Waals surface area contributed by atoms with E-state index >= 15 is 0 Å². The lowest BCUT2D eigenvalue weighted by molar-refractivity contribution is 0.0797. The minimum Gasteiger partial charge on any atom is -0.464 e. The number of furan rings is 1. The van der Waals surface area contributed by atoms with E-state index in [0.717, 1.165) is 43.4 Å². The highest BCUT2D eigenvalue weighted by Gasteiger charge is 2.28. The van der Waals surface area contributed by atoms with Crippen LogP contribution in [0.3, 0.4) is 0 Å². The lowest BCUT2D eigenvalue weighted by atomic mass is 9.93. The van der Waals surface area contributed by atoms with Crippen molar-refractivity contribution in [2.75, 3.05) is 13.1 Å². The highest BCUT2D eigenvalue weighted by Crippen LogP contribution is 2.23. The van der Waals surface area contributed by atoms with Gasteiger partial charge in [-0.2, -0.15) is 0 Å². The van der Waals surface area contributed by atoms with Gasteiger partial charge in [0.05, 0.1) is 6.26 Å². The van der Waals surface area contributed by atoms with E-state index in [4.69, 9.17) is 4.42 Å². The molecule has 1 unspecified atom stereocenters. The summed E-state index contributed by atoms with van der Waals surface area (Å²) in [6.07, 6.45) is 7.23. The molecule has 3 aromatic rings. The molecule has 4 rings (SSSR count). The molecule has 0 spiro atoms. The number of carbonyl (C=O) groups is 1. The molecule has 0 saturated carbocycles. The first kappa shape index (κ1) is 15.1. The second-order valence-electron chi connectivity index (χ2n) is 6.59. The van der Waals surface area contributed by atoms with Crippen molar-refractivity contribution in [1.82, 2.24) is 14.5 Å². The number of benzene rings is 1. The Hall–Kier alpha value is -2.40. The highest BCUT2D eigenvalue weighted by atomic mass is 16.3. The largest absolute Gasteiger partial charge is 0.464 e. The van der Waals surface area contributed by atoms with Crippen molar-refractivity contribution in [2.24, 2.45) is 13.0 Å². The molecule has 0 radical (unpaired) electrons. The molecule has 1 aromatic carbocycles. The maximum absolute atomic E-state index is 12.7. The quantitative estimate of drug-likeness (QED) is 0.692. The number of ketones is 1. The van der Waals surface area contributed by atoms with E-state index in [1.807, 2.05) is 29.9 Å². The van der Waals surface area contributed by atoms with Gasteiger partial charge in [0.2, 0.25) is 5.78 Å². The fourth-order valence-electron chi connectivity index (χ4n) is 3.57. The monoisotopic (exact) mass is 323 g/mol. The Kier molecular flexibility index (Phi) is 3.94. The van der Waals surface area contributed by atoms with Gasteiger partial charge in [0.1, 0.15) is 5.58 Å². The Morgan fingerprint density at radius 1 is 1.38 bits per heavy atom. The minimum absolute atomic E-state index is 0.0394. The van der Waals surface area contributed by atoms with Gasteiger partial charge < -0.3 is 8.98 Å². The van der Waals surface area contributed by atoms with Gasteiger partial charge in [-0.15, -0.1) is 0 Å². The van der Waals surface area contributed by atoms with Crippen molar-refractivity contribution >= 4 is 16.8 Å². The number of likely N-dealkylation sites (tertiary alicyclic amines) is 1. The van der Waals surface area contributed by atoms with Gasteiger partial charge in [-0.25, -0.2) is 4.98 Å². The van der Waals surface area contributed by atoms with Crippen LogP contribution in [-0.4, -0.2) is 33.3 Å². The zero-order valence-corrected chi connectivity index (χ0v) is 13.8. The van der Waals surface area contributed by atoms with E-state index in [2.05, 4.69) is 22.0 Å². The molecule has 1 aliphatic heterocycles. The van der Waals surface area contributed by atoms with Crippen LogP contribution in [0.2, 0.25) is 0 Å². The summed E-state index contributed by atoms with van der Waals surface area (Å²) < 4.78 is 7.21. The topological polar surface area (TPSA) is 51.3 Å². The molecule has 1 saturated heterocycles. The third-order valence-electron chi connectivity index (χ3n) is 4.84. The molecule has 124 valence electrons. The molecular weight excluding hydrogens is 302 g/mol. The van der Waals surface area contributed by atoms with Crippen molar-refractivity contribution in [2.45, 2.75) is 19.4 Å². The molecule has 0 N–H and O–H groups in total. The number of hydrogen-bond acceptors (Lipinski definition) is 4. The molecule has 1 fully saturated rings. The Morgan fingerprint density at radius 2 is 2.29 bits per heavy atom. The van der Waals surface area contributed by atoms with Crippen LogP contribution in [0.5, 0.6) is 0 Å². The maximum atomic E-state index is 12.7. The summed E-state index contributed by atoms with van der Waals surface area (Å²) in [4.78, 5) is 19.3. The van der Waals surface area contributed by atoms with E-state index in [0.29, 0.717) is 5.82 Å². The van der Waals surface area contributed by atoms with Gasteiger partial charge >= 0.3 is 0 Å².